The van der Waals surface area contributed by atoms with Gasteiger partial charge in [-0.05, 0) is 35.6 Å². The highest BCUT2D eigenvalue weighted by atomic mass is 16.4. The summed E-state index contributed by atoms with van der Waals surface area (Å²) in [4.78, 5) is 26.1. The van der Waals surface area contributed by atoms with Gasteiger partial charge in [-0.2, -0.15) is 0 Å². The van der Waals surface area contributed by atoms with Gasteiger partial charge in [0.1, 0.15) is 0 Å². The Balaban J connectivity index is 2.65. The average Bonchev–Trinajstić information content (AvgIpc) is 2.82. The molecule has 0 unspecified atom stereocenters. The number of rotatable bonds is 5. The zero-order valence-electron chi connectivity index (χ0n) is 10.5. The van der Waals surface area contributed by atoms with Crippen LogP contribution in [0.5, 0.6) is 0 Å². The Labute approximate surface area is 109 Å². The highest BCUT2D eigenvalue weighted by Gasteiger charge is 2.47. The fourth-order valence-electron chi connectivity index (χ4n) is 2.39. The molecule has 2 rings (SSSR count). The second-order valence-electron chi connectivity index (χ2n) is 4.55. The molecule has 0 spiro atoms. The van der Waals surface area contributed by atoms with E-state index in [-0.39, 0.29) is 6.42 Å². The van der Waals surface area contributed by atoms with Gasteiger partial charge in [0.2, 0.25) is 0 Å². The van der Waals surface area contributed by atoms with E-state index in [0.29, 0.717) is 12.0 Å². The second-order valence-corrected chi connectivity index (χ2v) is 4.55. The van der Waals surface area contributed by atoms with Gasteiger partial charge in [-0.1, -0.05) is 19.4 Å². The second kappa shape index (κ2) is 4.76. The number of aromatic amines is 1. The SMILES string of the molecule is CCCC(C(=O)O)(C(=O)O)c1ccc2[nH]ccc2c1. The fraction of sp³-hybridized carbons (Fsp3) is 0.286. The average molecular weight is 261 g/mol. The molecule has 0 atom stereocenters. The summed E-state index contributed by atoms with van der Waals surface area (Å²) in [6, 6.07) is 6.70. The first-order valence-corrected chi connectivity index (χ1v) is 6.06. The summed E-state index contributed by atoms with van der Waals surface area (Å²) in [5.74, 6) is -2.64. The van der Waals surface area contributed by atoms with E-state index in [9.17, 15) is 19.8 Å². The number of aliphatic carboxylic acids is 2. The van der Waals surface area contributed by atoms with Crippen LogP contribution in [0.25, 0.3) is 10.9 Å². The van der Waals surface area contributed by atoms with Gasteiger partial charge in [-0.25, -0.2) is 0 Å². The number of nitrogens with one attached hydrogen (secondary N) is 1. The molecule has 0 aliphatic carbocycles. The molecule has 100 valence electrons. The predicted molar refractivity (Wildman–Crippen MR) is 70.2 cm³/mol. The van der Waals surface area contributed by atoms with Crippen molar-refractivity contribution in [2.24, 2.45) is 0 Å². The Hall–Kier alpha value is -2.30. The smallest absolute Gasteiger partial charge is 0.325 e. The Morgan fingerprint density at radius 1 is 1.21 bits per heavy atom. The van der Waals surface area contributed by atoms with Crippen molar-refractivity contribution >= 4 is 22.8 Å². The van der Waals surface area contributed by atoms with Gasteiger partial charge in [0.05, 0.1) is 0 Å². The summed E-state index contributed by atoms with van der Waals surface area (Å²) in [5.41, 5.74) is -0.716. The Morgan fingerprint density at radius 2 is 1.89 bits per heavy atom. The molecule has 19 heavy (non-hydrogen) atoms. The van der Waals surface area contributed by atoms with Crippen molar-refractivity contribution in [3.8, 4) is 0 Å². The van der Waals surface area contributed by atoms with Crippen LogP contribution < -0.4 is 0 Å². The maximum Gasteiger partial charge on any atom is 0.325 e. The first-order valence-electron chi connectivity index (χ1n) is 6.06. The number of hydrogen-bond acceptors (Lipinski definition) is 2. The van der Waals surface area contributed by atoms with Crippen LogP contribution in [0, 0.1) is 0 Å². The number of H-pyrrole nitrogens is 1. The Bertz CT molecular complexity index is 615. The van der Waals surface area contributed by atoms with E-state index in [1.54, 1.807) is 37.4 Å². The predicted octanol–water partition coefficient (Wildman–Crippen LogP) is 2.38. The minimum Gasteiger partial charge on any atom is -0.480 e. The standard InChI is InChI=1S/C14H15NO4/c1-2-6-14(12(16)17,13(18)19)10-3-4-11-9(8-10)5-7-15-11/h3-5,7-8,15H,2,6H2,1H3,(H,16,17)(H,18,19). The summed E-state index contributed by atoms with van der Waals surface area (Å²) in [6.07, 6.45) is 2.27. The molecule has 1 aromatic carbocycles. The normalized spacial score (nSPS) is 11.6. The van der Waals surface area contributed by atoms with Crippen molar-refractivity contribution in [1.29, 1.82) is 0 Å². The van der Waals surface area contributed by atoms with Crippen LogP contribution in [-0.4, -0.2) is 27.1 Å². The molecule has 0 aliphatic rings. The highest BCUT2D eigenvalue weighted by molar-refractivity contribution is 6.05. The molecule has 0 saturated carbocycles. The van der Waals surface area contributed by atoms with Crippen molar-refractivity contribution in [2.75, 3.05) is 0 Å². The summed E-state index contributed by atoms with van der Waals surface area (Å²) in [6.45, 7) is 1.77. The molecule has 0 aliphatic heterocycles. The maximum atomic E-state index is 11.5. The quantitative estimate of drug-likeness (QED) is 0.721. The molecular formula is C14H15NO4. The van der Waals surface area contributed by atoms with Gasteiger partial charge in [0.25, 0.3) is 0 Å². The molecule has 1 aromatic heterocycles. The molecule has 0 fully saturated rings. The van der Waals surface area contributed by atoms with Gasteiger partial charge in [-0.15, -0.1) is 0 Å². The Morgan fingerprint density at radius 3 is 2.47 bits per heavy atom. The van der Waals surface area contributed by atoms with Crippen LogP contribution in [-0.2, 0) is 15.0 Å². The highest BCUT2D eigenvalue weighted by Crippen LogP contribution is 2.32. The fourth-order valence-corrected chi connectivity index (χ4v) is 2.39. The van der Waals surface area contributed by atoms with Gasteiger partial charge in [-0.3, -0.25) is 9.59 Å². The largest absolute Gasteiger partial charge is 0.480 e. The lowest BCUT2D eigenvalue weighted by molar-refractivity contribution is -0.158. The van der Waals surface area contributed by atoms with E-state index in [2.05, 4.69) is 4.98 Å². The van der Waals surface area contributed by atoms with E-state index in [1.165, 1.54) is 0 Å². The van der Waals surface area contributed by atoms with Gasteiger partial charge in [0, 0.05) is 11.7 Å². The minimum atomic E-state index is -1.87. The van der Waals surface area contributed by atoms with Crippen molar-refractivity contribution < 1.29 is 19.8 Å². The lowest BCUT2D eigenvalue weighted by atomic mass is 9.76. The van der Waals surface area contributed by atoms with Crippen LogP contribution in [0.4, 0.5) is 0 Å². The molecule has 5 heteroatoms. The summed E-state index contributed by atoms with van der Waals surface area (Å²) >= 11 is 0. The maximum absolute atomic E-state index is 11.5. The number of carbonyl (C=O) groups is 2. The van der Waals surface area contributed by atoms with E-state index >= 15 is 0 Å². The van der Waals surface area contributed by atoms with E-state index in [0.717, 1.165) is 10.9 Å². The molecule has 0 radical (unpaired) electrons. The molecule has 2 aromatic rings. The number of carboxylic acid groups (broad SMARTS) is 2. The van der Waals surface area contributed by atoms with Crippen LogP contribution in [0.1, 0.15) is 25.3 Å². The topological polar surface area (TPSA) is 90.4 Å². The molecule has 0 bridgehead atoms. The minimum absolute atomic E-state index is 0.0631. The van der Waals surface area contributed by atoms with Crippen LogP contribution in [0.3, 0.4) is 0 Å². The summed E-state index contributed by atoms with van der Waals surface area (Å²) < 4.78 is 0. The number of hydrogen-bond donors (Lipinski definition) is 3. The zero-order chi connectivity index (χ0) is 14.0. The van der Waals surface area contributed by atoms with Gasteiger partial charge < -0.3 is 15.2 Å². The number of fused-ring (bicyclic) bond motifs is 1. The lowest BCUT2D eigenvalue weighted by Gasteiger charge is -2.25. The summed E-state index contributed by atoms with van der Waals surface area (Å²) in [5, 5.41) is 19.6. The van der Waals surface area contributed by atoms with Crippen LogP contribution in [0.15, 0.2) is 30.5 Å². The molecular weight excluding hydrogens is 246 g/mol. The van der Waals surface area contributed by atoms with E-state index in [4.69, 9.17) is 0 Å². The van der Waals surface area contributed by atoms with Crippen LogP contribution in [0.2, 0.25) is 0 Å². The number of aromatic nitrogens is 1. The lowest BCUT2D eigenvalue weighted by Crippen LogP contribution is -2.43. The summed E-state index contributed by atoms with van der Waals surface area (Å²) in [7, 11) is 0. The van der Waals surface area contributed by atoms with E-state index < -0.39 is 17.4 Å². The monoisotopic (exact) mass is 261 g/mol. The first kappa shape index (κ1) is 13.1. The molecule has 5 nitrogen and oxygen atoms in total. The van der Waals surface area contributed by atoms with Crippen molar-refractivity contribution in [3.05, 3.63) is 36.0 Å². The molecule has 0 amide bonds. The van der Waals surface area contributed by atoms with Crippen molar-refractivity contribution in [3.63, 3.8) is 0 Å². The van der Waals surface area contributed by atoms with Gasteiger partial charge >= 0.3 is 11.9 Å². The van der Waals surface area contributed by atoms with Crippen LogP contribution >= 0.6 is 0 Å². The number of carboxylic acids is 2. The molecule has 1 heterocycles. The third kappa shape index (κ3) is 1.97. The van der Waals surface area contributed by atoms with Crippen molar-refractivity contribution in [2.45, 2.75) is 25.2 Å². The molecule has 3 N–H and O–H groups in total. The third-order valence-corrected chi connectivity index (χ3v) is 3.40. The first-order chi connectivity index (χ1) is 9.02. The van der Waals surface area contributed by atoms with E-state index in [1.807, 2.05) is 0 Å². The third-order valence-electron chi connectivity index (χ3n) is 3.40. The van der Waals surface area contributed by atoms with Crippen molar-refractivity contribution in [1.82, 2.24) is 4.98 Å². The molecule has 0 saturated heterocycles. The number of benzene rings is 1. The Kier molecular flexibility index (Phi) is 3.29. The van der Waals surface area contributed by atoms with Gasteiger partial charge in [0.15, 0.2) is 5.41 Å². The zero-order valence-corrected chi connectivity index (χ0v) is 10.5.